The molecular formula is C22H32N4O. The third-order valence-corrected chi connectivity index (χ3v) is 5.30. The minimum absolute atomic E-state index is 0.0355. The van der Waals surface area contributed by atoms with E-state index in [4.69, 9.17) is 0 Å². The van der Waals surface area contributed by atoms with Crippen LogP contribution in [0.1, 0.15) is 49.9 Å². The molecule has 1 N–H and O–H groups in total. The van der Waals surface area contributed by atoms with Gasteiger partial charge < -0.3 is 14.8 Å². The van der Waals surface area contributed by atoms with Gasteiger partial charge in [-0.2, -0.15) is 0 Å². The number of carbonyl (C=O) groups is 1. The van der Waals surface area contributed by atoms with Crippen molar-refractivity contribution < 1.29 is 4.79 Å². The van der Waals surface area contributed by atoms with Crippen LogP contribution in [0, 0.1) is 11.8 Å². The van der Waals surface area contributed by atoms with E-state index in [1.54, 1.807) is 12.5 Å². The SMILES string of the molecule is CC(C)CN(C)C[C@@H]1CCC[C@H](NC(=O)c2ccc(-n3ccnc3)cc2)C1. The number of rotatable bonds is 7. The Balaban J connectivity index is 1.52. The lowest BCUT2D eigenvalue weighted by molar-refractivity contribution is 0.0913. The molecule has 3 rings (SSSR count). The Hall–Kier alpha value is -2.14. The highest BCUT2D eigenvalue weighted by atomic mass is 16.1. The number of aromatic nitrogens is 2. The normalized spacial score (nSPS) is 20.2. The van der Waals surface area contributed by atoms with Crippen LogP contribution in [-0.2, 0) is 0 Å². The minimum atomic E-state index is 0.0355. The van der Waals surface area contributed by atoms with Crippen molar-refractivity contribution in [3.8, 4) is 5.69 Å². The quantitative estimate of drug-likeness (QED) is 0.810. The Morgan fingerprint density at radius 1 is 1.30 bits per heavy atom. The number of hydrogen-bond donors (Lipinski definition) is 1. The highest BCUT2D eigenvalue weighted by Crippen LogP contribution is 2.25. The number of amides is 1. The van der Waals surface area contributed by atoms with Crippen LogP contribution >= 0.6 is 0 Å². The van der Waals surface area contributed by atoms with Gasteiger partial charge in [0.15, 0.2) is 0 Å². The number of imidazole rings is 1. The van der Waals surface area contributed by atoms with Gasteiger partial charge in [-0.3, -0.25) is 4.79 Å². The number of nitrogens with one attached hydrogen (secondary N) is 1. The first-order valence-corrected chi connectivity index (χ1v) is 10.1. The lowest BCUT2D eigenvalue weighted by Crippen LogP contribution is -2.41. The Kier molecular flexibility index (Phi) is 6.67. The smallest absolute Gasteiger partial charge is 0.251 e. The fourth-order valence-electron chi connectivity index (χ4n) is 4.19. The number of benzene rings is 1. The third-order valence-electron chi connectivity index (χ3n) is 5.30. The second kappa shape index (κ2) is 9.18. The molecule has 1 saturated carbocycles. The Labute approximate surface area is 162 Å². The van der Waals surface area contributed by atoms with Crippen molar-refractivity contribution in [3.05, 3.63) is 48.5 Å². The summed E-state index contributed by atoms with van der Waals surface area (Å²) in [6.45, 7) is 6.79. The van der Waals surface area contributed by atoms with E-state index in [-0.39, 0.29) is 11.9 Å². The van der Waals surface area contributed by atoms with Crippen LogP contribution in [0.15, 0.2) is 43.0 Å². The molecule has 0 bridgehead atoms. The fourth-order valence-corrected chi connectivity index (χ4v) is 4.19. The zero-order chi connectivity index (χ0) is 19.2. The van der Waals surface area contributed by atoms with Gasteiger partial charge >= 0.3 is 0 Å². The first-order chi connectivity index (χ1) is 13.0. The molecule has 1 fully saturated rings. The predicted molar refractivity (Wildman–Crippen MR) is 109 cm³/mol. The summed E-state index contributed by atoms with van der Waals surface area (Å²) in [5, 5.41) is 3.26. The summed E-state index contributed by atoms with van der Waals surface area (Å²) in [6.07, 6.45) is 10.0. The van der Waals surface area contributed by atoms with E-state index in [0.717, 1.165) is 37.2 Å². The summed E-state index contributed by atoms with van der Waals surface area (Å²) in [6, 6.07) is 7.99. The van der Waals surface area contributed by atoms with Crippen LogP contribution in [0.3, 0.4) is 0 Å². The van der Waals surface area contributed by atoms with E-state index >= 15 is 0 Å². The third kappa shape index (κ3) is 5.67. The van der Waals surface area contributed by atoms with Crippen LogP contribution in [0.5, 0.6) is 0 Å². The van der Waals surface area contributed by atoms with Gasteiger partial charge in [-0.05, 0) is 62.4 Å². The molecule has 1 aromatic carbocycles. The molecule has 0 spiro atoms. The van der Waals surface area contributed by atoms with E-state index in [0.29, 0.717) is 11.8 Å². The molecule has 0 unspecified atom stereocenters. The van der Waals surface area contributed by atoms with Crippen molar-refractivity contribution in [1.29, 1.82) is 0 Å². The molecule has 1 aliphatic carbocycles. The average Bonchev–Trinajstić information content (AvgIpc) is 3.16. The van der Waals surface area contributed by atoms with E-state index in [9.17, 15) is 4.79 Å². The molecule has 0 radical (unpaired) electrons. The van der Waals surface area contributed by atoms with Crippen LogP contribution in [0.4, 0.5) is 0 Å². The van der Waals surface area contributed by atoms with Crippen LogP contribution < -0.4 is 5.32 Å². The number of hydrogen-bond acceptors (Lipinski definition) is 3. The Morgan fingerprint density at radius 3 is 2.74 bits per heavy atom. The van der Waals surface area contributed by atoms with Gasteiger partial charge in [-0.25, -0.2) is 4.98 Å². The standard InChI is InChI=1S/C22H32N4O/c1-17(2)14-25(3)15-18-5-4-6-20(13-18)24-22(27)19-7-9-21(10-8-19)26-12-11-23-16-26/h7-12,16-18,20H,4-6,13-15H2,1-3H3,(H,24,27)/t18-,20+/m1/s1. The topological polar surface area (TPSA) is 50.2 Å². The lowest BCUT2D eigenvalue weighted by Gasteiger charge is -2.33. The van der Waals surface area contributed by atoms with Gasteiger partial charge in [0.1, 0.15) is 0 Å². The zero-order valence-corrected chi connectivity index (χ0v) is 16.8. The summed E-state index contributed by atoms with van der Waals surface area (Å²) in [7, 11) is 2.21. The summed E-state index contributed by atoms with van der Waals surface area (Å²) in [5.74, 6) is 1.41. The molecule has 1 heterocycles. The monoisotopic (exact) mass is 368 g/mol. The Bertz CT molecular complexity index is 708. The van der Waals surface area contributed by atoms with Crippen LogP contribution in [0.2, 0.25) is 0 Å². The molecule has 5 heteroatoms. The molecule has 5 nitrogen and oxygen atoms in total. The summed E-state index contributed by atoms with van der Waals surface area (Å²) in [4.78, 5) is 19.1. The van der Waals surface area contributed by atoms with Gasteiger partial charge in [0.2, 0.25) is 0 Å². The summed E-state index contributed by atoms with van der Waals surface area (Å²) < 4.78 is 1.93. The van der Waals surface area contributed by atoms with Crippen molar-refractivity contribution >= 4 is 5.91 Å². The first-order valence-electron chi connectivity index (χ1n) is 10.1. The van der Waals surface area contributed by atoms with Gasteiger partial charge in [0.25, 0.3) is 5.91 Å². The second-order valence-electron chi connectivity index (χ2n) is 8.33. The van der Waals surface area contributed by atoms with Gasteiger partial charge in [-0.15, -0.1) is 0 Å². The van der Waals surface area contributed by atoms with Crippen molar-refractivity contribution in [1.82, 2.24) is 19.8 Å². The van der Waals surface area contributed by atoms with E-state index in [1.165, 1.54) is 12.8 Å². The molecule has 0 aliphatic heterocycles. The average molecular weight is 369 g/mol. The summed E-state index contributed by atoms with van der Waals surface area (Å²) in [5.41, 5.74) is 1.73. The first kappa shape index (κ1) is 19.6. The summed E-state index contributed by atoms with van der Waals surface area (Å²) >= 11 is 0. The Morgan fingerprint density at radius 2 is 2.07 bits per heavy atom. The maximum Gasteiger partial charge on any atom is 0.251 e. The molecule has 2 aromatic rings. The van der Waals surface area contributed by atoms with E-state index in [1.807, 2.05) is 35.0 Å². The van der Waals surface area contributed by atoms with Gasteiger partial charge in [0.05, 0.1) is 6.33 Å². The van der Waals surface area contributed by atoms with E-state index in [2.05, 4.69) is 36.1 Å². The second-order valence-corrected chi connectivity index (χ2v) is 8.33. The molecule has 0 saturated heterocycles. The highest BCUT2D eigenvalue weighted by Gasteiger charge is 2.24. The van der Waals surface area contributed by atoms with Crippen molar-refractivity contribution in [2.24, 2.45) is 11.8 Å². The predicted octanol–water partition coefficient (Wildman–Crippen LogP) is 3.75. The van der Waals surface area contributed by atoms with Crippen LogP contribution in [0.25, 0.3) is 5.69 Å². The molecule has 1 aromatic heterocycles. The minimum Gasteiger partial charge on any atom is -0.349 e. The number of carbonyl (C=O) groups excluding carboxylic acids is 1. The van der Waals surface area contributed by atoms with Crippen molar-refractivity contribution in [2.45, 2.75) is 45.6 Å². The molecular weight excluding hydrogens is 336 g/mol. The molecule has 27 heavy (non-hydrogen) atoms. The van der Waals surface area contributed by atoms with E-state index < -0.39 is 0 Å². The van der Waals surface area contributed by atoms with Gasteiger partial charge in [0, 0.05) is 42.8 Å². The van der Waals surface area contributed by atoms with Crippen molar-refractivity contribution in [3.63, 3.8) is 0 Å². The largest absolute Gasteiger partial charge is 0.349 e. The highest BCUT2D eigenvalue weighted by molar-refractivity contribution is 5.94. The molecule has 2 atom stereocenters. The zero-order valence-electron chi connectivity index (χ0n) is 16.8. The number of nitrogens with zero attached hydrogens (tertiary/aromatic N) is 3. The maximum atomic E-state index is 12.6. The maximum absolute atomic E-state index is 12.6. The molecule has 1 aliphatic rings. The molecule has 146 valence electrons. The lowest BCUT2D eigenvalue weighted by atomic mass is 9.85. The molecule has 1 amide bonds. The van der Waals surface area contributed by atoms with Crippen molar-refractivity contribution in [2.75, 3.05) is 20.1 Å². The fraction of sp³-hybridized carbons (Fsp3) is 0.545. The van der Waals surface area contributed by atoms with Crippen LogP contribution in [-0.4, -0.2) is 46.5 Å². The van der Waals surface area contributed by atoms with Gasteiger partial charge in [-0.1, -0.05) is 20.3 Å².